The van der Waals surface area contributed by atoms with E-state index in [9.17, 15) is 13.6 Å². The fraction of sp³-hybridized carbons (Fsp3) is 0.421. The zero-order valence-corrected chi connectivity index (χ0v) is 16.0. The third-order valence-electron chi connectivity index (χ3n) is 4.78. The summed E-state index contributed by atoms with van der Waals surface area (Å²) < 4.78 is 26.9. The Morgan fingerprint density at radius 2 is 1.79 bits per heavy atom. The normalized spacial score (nSPS) is 14.1. The highest BCUT2D eigenvalue weighted by Gasteiger charge is 2.23. The summed E-state index contributed by atoms with van der Waals surface area (Å²) in [5.74, 6) is 0.321. The van der Waals surface area contributed by atoms with Crippen molar-refractivity contribution in [1.82, 2.24) is 15.1 Å². The third-order valence-corrected chi connectivity index (χ3v) is 4.78. The number of nitrogens with one attached hydrogen (secondary N) is 1. The van der Waals surface area contributed by atoms with Crippen LogP contribution < -0.4 is 15.1 Å². The van der Waals surface area contributed by atoms with E-state index in [4.69, 9.17) is 0 Å². The molecular weight excluding hydrogens is 366 g/mol. The topological polar surface area (TPSA) is 64.6 Å². The lowest BCUT2D eigenvalue weighted by molar-refractivity contribution is 0.208. The molecule has 3 rings (SSSR count). The molecule has 9 heteroatoms. The number of benzene rings is 1. The lowest BCUT2D eigenvalue weighted by atomic mass is 10.3. The van der Waals surface area contributed by atoms with Gasteiger partial charge in [-0.3, -0.25) is 0 Å². The number of carbonyl (C=O) groups excluding carboxylic acids is 1. The maximum atomic E-state index is 13.7. The Kier molecular flexibility index (Phi) is 6.23. The lowest BCUT2D eigenvalue weighted by Crippen LogP contribution is -2.50. The highest BCUT2D eigenvalue weighted by molar-refractivity contribution is 5.89. The fourth-order valence-corrected chi connectivity index (χ4v) is 3.13. The molecule has 0 bridgehead atoms. The molecule has 1 saturated heterocycles. The second-order valence-electron chi connectivity index (χ2n) is 6.45. The lowest BCUT2D eigenvalue weighted by Gasteiger charge is -2.35. The van der Waals surface area contributed by atoms with Crippen LogP contribution >= 0.6 is 0 Å². The van der Waals surface area contributed by atoms with Crippen LogP contribution in [0.1, 0.15) is 13.8 Å². The van der Waals surface area contributed by atoms with Crippen LogP contribution in [-0.4, -0.2) is 60.4 Å². The molecule has 0 aliphatic carbocycles. The number of halogens is 2. The minimum atomic E-state index is -0.669. The number of amides is 2. The Labute approximate surface area is 162 Å². The Bertz CT molecular complexity index is 805. The number of aromatic nitrogens is 2. The molecule has 0 unspecified atom stereocenters. The maximum Gasteiger partial charge on any atom is 0.322 e. The van der Waals surface area contributed by atoms with Crippen molar-refractivity contribution in [2.24, 2.45) is 0 Å². The molecule has 1 aromatic carbocycles. The molecule has 2 aromatic rings. The number of nitrogens with zero attached hydrogens (tertiary/aromatic N) is 5. The van der Waals surface area contributed by atoms with E-state index in [-0.39, 0.29) is 5.69 Å². The van der Waals surface area contributed by atoms with Crippen molar-refractivity contribution in [1.29, 1.82) is 0 Å². The molecule has 1 fully saturated rings. The predicted molar refractivity (Wildman–Crippen MR) is 105 cm³/mol. The van der Waals surface area contributed by atoms with Crippen LogP contribution in [0.3, 0.4) is 0 Å². The van der Waals surface area contributed by atoms with Gasteiger partial charge in [-0.05, 0) is 38.1 Å². The standard InChI is InChI=1S/C19H24F2N6O/c1-3-25(4-2)17-7-8-18(24-23-17)26-9-11-27(12-10-26)19(28)22-16-13-14(20)5-6-15(16)21/h5-8,13H,3-4,9-12H2,1-2H3,(H,22,28). The number of anilines is 3. The predicted octanol–water partition coefficient (Wildman–Crippen LogP) is 2.96. The van der Waals surface area contributed by atoms with Gasteiger partial charge in [0.25, 0.3) is 0 Å². The summed E-state index contributed by atoms with van der Waals surface area (Å²) in [6, 6.07) is 6.39. The molecule has 28 heavy (non-hydrogen) atoms. The van der Waals surface area contributed by atoms with Gasteiger partial charge in [0, 0.05) is 45.3 Å². The smallest absolute Gasteiger partial charge is 0.322 e. The molecule has 0 saturated carbocycles. The number of piperazine rings is 1. The van der Waals surface area contributed by atoms with Crippen LogP contribution in [0.2, 0.25) is 0 Å². The van der Waals surface area contributed by atoms with Crippen LogP contribution in [0.15, 0.2) is 30.3 Å². The summed E-state index contributed by atoms with van der Waals surface area (Å²) in [7, 11) is 0. The first-order valence-electron chi connectivity index (χ1n) is 9.36. The van der Waals surface area contributed by atoms with E-state index < -0.39 is 17.7 Å². The zero-order chi connectivity index (χ0) is 20.1. The molecule has 1 N–H and O–H groups in total. The van der Waals surface area contributed by atoms with Gasteiger partial charge in [-0.1, -0.05) is 0 Å². The molecule has 0 atom stereocenters. The number of urea groups is 1. The largest absolute Gasteiger partial charge is 0.356 e. The average molecular weight is 390 g/mol. The fourth-order valence-electron chi connectivity index (χ4n) is 3.13. The molecule has 1 aliphatic heterocycles. The molecule has 0 spiro atoms. The van der Waals surface area contributed by atoms with E-state index >= 15 is 0 Å². The molecule has 150 valence electrons. The Morgan fingerprint density at radius 1 is 1.07 bits per heavy atom. The van der Waals surface area contributed by atoms with Gasteiger partial charge < -0.3 is 20.0 Å². The van der Waals surface area contributed by atoms with Crippen LogP contribution in [0.4, 0.5) is 30.9 Å². The van der Waals surface area contributed by atoms with E-state index in [1.165, 1.54) is 0 Å². The first-order valence-corrected chi connectivity index (χ1v) is 9.36. The minimum Gasteiger partial charge on any atom is -0.356 e. The number of carbonyl (C=O) groups is 1. The minimum absolute atomic E-state index is 0.162. The van der Waals surface area contributed by atoms with Crippen molar-refractivity contribution in [2.75, 3.05) is 54.4 Å². The highest BCUT2D eigenvalue weighted by Crippen LogP contribution is 2.18. The van der Waals surface area contributed by atoms with Gasteiger partial charge in [-0.2, -0.15) is 0 Å². The van der Waals surface area contributed by atoms with Gasteiger partial charge >= 0.3 is 6.03 Å². The first kappa shape index (κ1) is 19.8. The van der Waals surface area contributed by atoms with Gasteiger partial charge in [0.05, 0.1) is 5.69 Å². The molecular formula is C19H24F2N6O. The van der Waals surface area contributed by atoms with E-state index in [0.29, 0.717) is 26.2 Å². The number of rotatable bonds is 5. The Hall–Kier alpha value is -2.97. The first-order chi connectivity index (χ1) is 13.5. The molecule has 1 aliphatic rings. The second kappa shape index (κ2) is 8.81. The SMILES string of the molecule is CCN(CC)c1ccc(N2CCN(C(=O)Nc3cc(F)ccc3F)CC2)nn1. The quantitative estimate of drug-likeness (QED) is 0.850. The van der Waals surface area contributed by atoms with Crippen molar-refractivity contribution < 1.29 is 13.6 Å². The van der Waals surface area contributed by atoms with Crippen LogP contribution in [0.5, 0.6) is 0 Å². The van der Waals surface area contributed by atoms with Crippen molar-refractivity contribution in [3.05, 3.63) is 42.0 Å². The van der Waals surface area contributed by atoms with E-state index in [0.717, 1.165) is 42.9 Å². The van der Waals surface area contributed by atoms with Gasteiger partial charge in [0.1, 0.15) is 11.6 Å². The average Bonchev–Trinajstić information content (AvgIpc) is 2.72. The Morgan fingerprint density at radius 3 is 2.39 bits per heavy atom. The molecule has 1 aromatic heterocycles. The van der Waals surface area contributed by atoms with Crippen LogP contribution in [0, 0.1) is 11.6 Å². The van der Waals surface area contributed by atoms with Crippen molar-refractivity contribution in [3.63, 3.8) is 0 Å². The van der Waals surface area contributed by atoms with Gasteiger partial charge in [0.15, 0.2) is 11.6 Å². The summed E-state index contributed by atoms with van der Waals surface area (Å²) in [6.07, 6.45) is 0. The van der Waals surface area contributed by atoms with Crippen molar-refractivity contribution >= 4 is 23.4 Å². The summed E-state index contributed by atoms with van der Waals surface area (Å²) in [5.41, 5.74) is -0.162. The monoisotopic (exact) mass is 390 g/mol. The maximum absolute atomic E-state index is 13.7. The van der Waals surface area contributed by atoms with Crippen LogP contribution in [0.25, 0.3) is 0 Å². The van der Waals surface area contributed by atoms with Crippen LogP contribution in [-0.2, 0) is 0 Å². The van der Waals surface area contributed by atoms with Gasteiger partial charge in [-0.25, -0.2) is 13.6 Å². The Balaban J connectivity index is 1.56. The summed E-state index contributed by atoms with van der Waals surface area (Å²) >= 11 is 0. The van der Waals surface area contributed by atoms with E-state index in [1.807, 2.05) is 17.0 Å². The van der Waals surface area contributed by atoms with E-state index in [1.54, 1.807) is 4.90 Å². The second-order valence-corrected chi connectivity index (χ2v) is 6.45. The summed E-state index contributed by atoms with van der Waals surface area (Å²) in [4.78, 5) is 18.1. The summed E-state index contributed by atoms with van der Waals surface area (Å²) in [5, 5.41) is 11.0. The third kappa shape index (κ3) is 4.47. The zero-order valence-electron chi connectivity index (χ0n) is 16.0. The highest BCUT2D eigenvalue weighted by atomic mass is 19.1. The molecule has 0 radical (unpaired) electrons. The van der Waals surface area contributed by atoms with Crippen molar-refractivity contribution in [2.45, 2.75) is 13.8 Å². The number of hydrogen-bond donors (Lipinski definition) is 1. The van der Waals surface area contributed by atoms with E-state index in [2.05, 4.69) is 34.3 Å². The van der Waals surface area contributed by atoms with Crippen molar-refractivity contribution in [3.8, 4) is 0 Å². The number of hydrogen-bond acceptors (Lipinski definition) is 5. The summed E-state index contributed by atoms with van der Waals surface area (Å²) in [6.45, 7) is 7.92. The molecule has 7 nitrogen and oxygen atoms in total. The van der Waals surface area contributed by atoms with Gasteiger partial charge in [-0.15, -0.1) is 10.2 Å². The molecule has 2 heterocycles. The van der Waals surface area contributed by atoms with Gasteiger partial charge in [0.2, 0.25) is 0 Å². The molecule has 2 amide bonds.